The Kier molecular flexibility index (Phi) is 5.85. The summed E-state index contributed by atoms with van der Waals surface area (Å²) in [5.41, 5.74) is -0.840. The molecule has 0 radical (unpaired) electrons. The molecule has 0 aliphatic carbocycles. The second-order valence-electron chi connectivity index (χ2n) is 6.21. The Morgan fingerprint density at radius 3 is 2.67 bits per heavy atom. The molecule has 1 amide bonds. The van der Waals surface area contributed by atoms with Crippen molar-refractivity contribution in [3.05, 3.63) is 35.1 Å². The van der Waals surface area contributed by atoms with Crippen LogP contribution in [0.5, 0.6) is 0 Å². The molecule has 7 heteroatoms. The lowest BCUT2D eigenvalue weighted by atomic mass is 9.89. The van der Waals surface area contributed by atoms with Gasteiger partial charge in [-0.25, -0.2) is 4.39 Å². The van der Waals surface area contributed by atoms with Crippen molar-refractivity contribution in [2.75, 3.05) is 13.1 Å². The third-order valence-corrected chi connectivity index (χ3v) is 4.63. The van der Waals surface area contributed by atoms with Crippen LogP contribution in [-0.2, 0) is 17.5 Å². The molecular formula is C17H22F4N2O. The van der Waals surface area contributed by atoms with Gasteiger partial charge in [-0.3, -0.25) is 4.79 Å². The van der Waals surface area contributed by atoms with Gasteiger partial charge in [0.25, 0.3) is 0 Å². The summed E-state index contributed by atoms with van der Waals surface area (Å²) in [6.07, 6.45) is -2.94. The minimum Gasteiger partial charge on any atom is -0.343 e. The van der Waals surface area contributed by atoms with Crippen LogP contribution < -0.4 is 5.32 Å². The van der Waals surface area contributed by atoms with Crippen LogP contribution in [0.4, 0.5) is 17.6 Å². The number of nitrogens with zero attached hydrogens (tertiary/aromatic N) is 1. The number of carbonyl (C=O) groups is 1. The van der Waals surface area contributed by atoms with Crippen LogP contribution in [0.15, 0.2) is 18.2 Å². The molecule has 1 aromatic carbocycles. The molecule has 0 unspecified atom stereocenters. The van der Waals surface area contributed by atoms with Gasteiger partial charge >= 0.3 is 6.18 Å². The Labute approximate surface area is 139 Å². The van der Waals surface area contributed by atoms with Gasteiger partial charge in [-0.1, -0.05) is 13.3 Å². The van der Waals surface area contributed by atoms with Crippen LogP contribution in [0.1, 0.15) is 37.8 Å². The van der Waals surface area contributed by atoms with Gasteiger partial charge < -0.3 is 10.2 Å². The molecule has 24 heavy (non-hydrogen) atoms. The van der Waals surface area contributed by atoms with Gasteiger partial charge in [0.1, 0.15) is 5.82 Å². The van der Waals surface area contributed by atoms with Gasteiger partial charge in [-0.05, 0) is 30.5 Å². The van der Waals surface area contributed by atoms with Crippen molar-refractivity contribution < 1.29 is 22.4 Å². The van der Waals surface area contributed by atoms with Gasteiger partial charge in [0, 0.05) is 38.2 Å². The van der Waals surface area contributed by atoms with E-state index in [2.05, 4.69) is 5.32 Å². The fraction of sp³-hybridized carbons (Fsp3) is 0.588. The highest BCUT2D eigenvalue weighted by molar-refractivity contribution is 5.73. The van der Waals surface area contributed by atoms with Crippen molar-refractivity contribution in [3.63, 3.8) is 0 Å². The van der Waals surface area contributed by atoms with E-state index < -0.39 is 17.6 Å². The molecule has 2 atom stereocenters. The first-order chi connectivity index (χ1) is 11.2. The first-order valence-electron chi connectivity index (χ1n) is 8.07. The predicted molar refractivity (Wildman–Crippen MR) is 82.7 cm³/mol. The van der Waals surface area contributed by atoms with Crippen molar-refractivity contribution in [3.8, 4) is 0 Å². The number of alkyl halides is 3. The second-order valence-corrected chi connectivity index (χ2v) is 6.21. The van der Waals surface area contributed by atoms with E-state index in [1.807, 2.05) is 6.92 Å². The van der Waals surface area contributed by atoms with Crippen LogP contribution >= 0.6 is 0 Å². The molecular weight excluding hydrogens is 324 g/mol. The largest absolute Gasteiger partial charge is 0.416 e. The molecule has 0 bridgehead atoms. The summed E-state index contributed by atoms with van der Waals surface area (Å²) in [6, 6.07) is 2.52. The highest BCUT2D eigenvalue weighted by Gasteiger charge is 2.32. The van der Waals surface area contributed by atoms with Crippen LogP contribution in [0.25, 0.3) is 0 Å². The fourth-order valence-corrected chi connectivity index (χ4v) is 3.13. The van der Waals surface area contributed by atoms with Crippen molar-refractivity contribution in [1.82, 2.24) is 10.2 Å². The van der Waals surface area contributed by atoms with Crippen LogP contribution in [0.3, 0.4) is 0 Å². The maximum absolute atomic E-state index is 13.8. The maximum atomic E-state index is 13.8. The number of hydrogen-bond acceptors (Lipinski definition) is 2. The predicted octanol–water partition coefficient (Wildman–Crippen LogP) is 3.58. The standard InChI is InChI=1S/C17H22F4N2O/c1-3-12-10-23(11(2)24)7-6-16(12)22-9-13-8-14(17(19,20)21)4-5-15(13)18/h4-5,8,12,16,22H,3,6-7,9-10H2,1-2H3/t12-,16-/m0/s1. The fourth-order valence-electron chi connectivity index (χ4n) is 3.13. The van der Waals surface area contributed by atoms with E-state index in [0.29, 0.717) is 19.5 Å². The Balaban J connectivity index is 2.04. The summed E-state index contributed by atoms with van der Waals surface area (Å²) < 4.78 is 52.0. The number of hydrogen-bond donors (Lipinski definition) is 1. The smallest absolute Gasteiger partial charge is 0.343 e. The highest BCUT2D eigenvalue weighted by atomic mass is 19.4. The molecule has 0 spiro atoms. The zero-order valence-electron chi connectivity index (χ0n) is 13.8. The minimum atomic E-state index is -4.48. The normalized spacial score (nSPS) is 21.8. The molecule has 1 N–H and O–H groups in total. The van der Waals surface area contributed by atoms with Crippen molar-refractivity contribution in [1.29, 1.82) is 0 Å². The van der Waals surface area contributed by atoms with Gasteiger partial charge in [0.05, 0.1) is 5.56 Å². The first kappa shape index (κ1) is 18.7. The van der Waals surface area contributed by atoms with E-state index in [1.165, 1.54) is 6.92 Å². The SMILES string of the molecule is CC[C@H]1CN(C(C)=O)CC[C@@H]1NCc1cc(C(F)(F)F)ccc1F. The van der Waals surface area contributed by atoms with E-state index in [4.69, 9.17) is 0 Å². The average molecular weight is 346 g/mol. The molecule has 1 aliphatic rings. The highest BCUT2D eigenvalue weighted by Crippen LogP contribution is 2.30. The number of likely N-dealkylation sites (tertiary alicyclic amines) is 1. The van der Waals surface area contributed by atoms with Crippen molar-refractivity contribution in [2.45, 2.75) is 45.5 Å². The summed E-state index contributed by atoms with van der Waals surface area (Å²) in [7, 11) is 0. The summed E-state index contributed by atoms with van der Waals surface area (Å²) in [6.45, 7) is 4.80. The number of halogens is 4. The lowest BCUT2D eigenvalue weighted by Crippen LogP contribution is -2.50. The van der Waals surface area contributed by atoms with Gasteiger partial charge in [0.15, 0.2) is 0 Å². The Morgan fingerprint density at radius 2 is 2.08 bits per heavy atom. The number of nitrogens with one attached hydrogen (secondary N) is 1. The van der Waals surface area contributed by atoms with Crippen molar-refractivity contribution in [2.24, 2.45) is 5.92 Å². The zero-order chi connectivity index (χ0) is 17.9. The van der Waals surface area contributed by atoms with Gasteiger partial charge in [-0.15, -0.1) is 0 Å². The molecule has 0 aromatic heterocycles. The lowest BCUT2D eigenvalue weighted by molar-refractivity contribution is -0.137. The van der Waals surface area contributed by atoms with Crippen molar-refractivity contribution >= 4 is 5.91 Å². The zero-order valence-corrected chi connectivity index (χ0v) is 13.8. The van der Waals surface area contributed by atoms with E-state index in [9.17, 15) is 22.4 Å². The molecule has 2 rings (SSSR count). The number of amides is 1. The molecule has 1 aromatic rings. The van der Waals surface area contributed by atoms with E-state index in [0.717, 1.165) is 24.6 Å². The topological polar surface area (TPSA) is 32.3 Å². The molecule has 1 aliphatic heterocycles. The quantitative estimate of drug-likeness (QED) is 0.845. The maximum Gasteiger partial charge on any atom is 0.416 e. The van der Waals surface area contributed by atoms with Gasteiger partial charge in [0.2, 0.25) is 5.91 Å². The number of benzene rings is 1. The average Bonchev–Trinajstić information content (AvgIpc) is 2.52. The molecule has 1 fully saturated rings. The summed E-state index contributed by atoms with van der Waals surface area (Å²) in [4.78, 5) is 13.2. The van der Waals surface area contributed by atoms with Crippen LogP contribution in [0.2, 0.25) is 0 Å². The third-order valence-electron chi connectivity index (χ3n) is 4.63. The van der Waals surface area contributed by atoms with E-state index >= 15 is 0 Å². The van der Waals surface area contributed by atoms with E-state index in [-0.39, 0.29) is 30.0 Å². The Hall–Kier alpha value is -1.63. The minimum absolute atomic E-state index is 0.00803. The summed E-state index contributed by atoms with van der Waals surface area (Å²) in [5, 5.41) is 3.17. The summed E-state index contributed by atoms with van der Waals surface area (Å²) >= 11 is 0. The van der Waals surface area contributed by atoms with Crippen LogP contribution in [-0.4, -0.2) is 29.9 Å². The van der Waals surface area contributed by atoms with E-state index in [1.54, 1.807) is 4.90 Å². The number of carbonyl (C=O) groups excluding carboxylic acids is 1. The molecule has 1 saturated heterocycles. The summed E-state index contributed by atoms with van der Waals surface area (Å²) in [5.74, 6) is -0.419. The van der Waals surface area contributed by atoms with Gasteiger partial charge in [-0.2, -0.15) is 13.2 Å². The second kappa shape index (κ2) is 7.51. The molecule has 0 saturated carbocycles. The first-order valence-corrected chi connectivity index (χ1v) is 8.07. The third kappa shape index (κ3) is 4.47. The number of piperidine rings is 1. The molecule has 134 valence electrons. The number of rotatable bonds is 4. The lowest BCUT2D eigenvalue weighted by Gasteiger charge is -2.38. The Bertz CT molecular complexity index is 588. The monoisotopic (exact) mass is 346 g/mol. The van der Waals surface area contributed by atoms with Crippen LogP contribution in [0, 0.1) is 11.7 Å². The molecule has 3 nitrogen and oxygen atoms in total. The Morgan fingerprint density at radius 1 is 1.38 bits per heavy atom. The molecule has 1 heterocycles.